The zero-order valence-corrected chi connectivity index (χ0v) is 8.74. The first-order chi connectivity index (χ1) is 6.70. The molecule has 0 N–H and O–H groups in total. The third-order valence-electron chi connectivity index (χ3n) is 2.05. The Hall–Kier alpha value is -1.06. The molecule has 0 aliphatic heterocycles. The molecule has 1 aromatic carbocycles. The van der Waals surface area contributed by atoms with Gasteiger partial charge in [-0.3, -0.25) is 0 Å². The van der Waals surface area contributed by atoms with E-state index in [1.54, 1.807) is 26.4 Å². The first-order valence-corrected chi connectivity index (χ1v) is 4.39. The molecule has 0 heterocycles. The summed E-state index contributed by atoms with van der Waals surface area (Å²) in [5, 5.41) is 0. The van der Waals surface area contributed by atoms with Crippen LogP contribution in [0.4, 0.5) is 0 Å². The number of rotatable bonds is 5. The van der Waals surface area contributed by atoms with Crippen LogP contribution in [0.25, 0.3) is 0 Å². The van der Waals surface area contributed by atoms with Crippen LogP contribution in [-0.2, 0) is 9.47 Å². The summed E-state index contributed by atoms with van der Waals surface area (Å²) in [7, 11) is 3.18. The Morgan fingerprint density at radius 2 is 1.79 bits per heavy atom. The lowest BCUT2D eigenvalue weighted by Crippen LogP contribution is -2.36. The maximum absolute atomic E-state index is 5.48. The van der Waals surface area contributed by atoms with Crippen LogP contribution in [0.3, 0.4) is 0 Å². The molecule has 0 amide bonds. The van der Waals surface area contributed by atoms with Crippen molar-refractivity contribution in [3.8, 4) is 5.75 Å². The van der Waals surface area contributed by atoms with E-state index in [0.29, 0.717) is 6.61 Å². The minimum absolute atomic E-state index is 0.351. The lowest BCUT2D eigenvalue weighted by atomic mass is 10.3. The van der Waals surface area contributed by atoms with Gasteiger partial charge in [0.05, 0.1) is 0 Å². The Kier molecular flexibility index (Phi) is 3.92. The monoisotopic (exact) mass is 195 g/mol. The zero-order chi connectivity index (χ0) is 10.4. The highest BCUT2D eigenvalue weighted by Gasteiger charge is 2.23. The maximum atomic E-state index is 5.48. The van der Waals surface area contributed by atoms with Crippen molar-refractivity contribution in [3.63, 3.8) is 0 Å². The van der Waals surface area contributed by atoms with Crippen molar-refractivity contribution in [3.05, 3.63) is 30.3 Å². The average molecular weight is 195 g/mol. The summed E-state index contributed by atoms with van der Waals surface area (Å²) in [6.45, 7) is 2.17. The van der Waals surface area contributed by atoms with E-state index < -0.39 is 5.79 Å². The quantitative estimate of drug-likeness (QED) is 0.671. The van der Waals surface area contributed by atoms with E-state index in [4.69, 9.17) is 14.2 Å². The molecule has 0 fully saturated rings. The fourth-order valence-electron chi connectivity index (χ4n) is 0.883. The lowest BCUT2D eigenvalue weighted by Gasteiger charge is -2.26. The molecule has 0 aliphatic rings. The summed E-state index contributed by atoms with van der Waals surface area (Å²) in [5.41, 5.74) is 0. The molecule has 3 nitrogen and oxygen atoms in total. The van der Waals surface area contributed by atoms with Gasteiger partial charge in [-0.25, -0.2) is 0 Å². The second-order valence-corrected chi connectivity index (χ2v) is 3.07. The Bertz CT molecular complexity index is 254. The Labute approximate surface area is 84.6 Å². The molecular weight excluding hydrogens is 180 g/mol. The summed E-state index contributed by atoms with van der Waals surface area (Å²) in [5.74, 6) is 0.0867. The van der Waals surface area contributed by atoms with E-state index in [0.717, 1.165) is 5.75 Å². The van der Waals surface area contributed by atoms with Gasteiger partial charge in [0.2, 0.25) is 0 Å². The van der Waals surface area contributed by atoms with Crippen LogP contribution in [0.2, 0.25) is 0 Å². The normalized spacial score (nSPS) is 11.4. The van der Waals surface area contributed by atoms with Crippen LogP contribution in [0.15, 0.2) is 24.3 Å². The Morgan fingerprint density at radius 1 is 1.21 bits per heavy atom. The van der Waals surface area contributed by atoms with Gasteiger partial charge in [0.1, 0.15) is 12.4 Å². The van der Waals surface area contributed by atoms with Gasteiger partial charge >= 0.3 is 0 Å². The fraction of sp³-hybridized carbons (Fsp3) is 0.455. The van der Waals surface area contributed by atoms with E-state index in [-0.39, 0.29) is 0 Å². The number of hydrogen-bond donors (Lipinski definition) is 0. The second-order valence-electron chi connectivity index (χ2n) is 3.07. The summed E-state index contributed by atoms with van der Waals surface area (Å²) in [4.78, 5) is 0. The van der Waals surface area contributed by atoms with Crippen molar-refractivity contribution in [1.82, 2.24) is 0 Å². The molecule has 0 aliphatic carbocycles. The van der Waals surface area contributed by atoms with Crippen LogP contribution in [0, 0.1) is 6.07 Å². The molecule has 3 heteroatoms. The molecule has 1 aromatic rings. The molecule has 0 unspecified atom stereocenters. The van der Waals surface area contributed by atoms with Gasteiger partial charge in [-0.2, -0.15) is 0 Å². The van der Waals surface area contributed by atoms with E-state index >= 15 is 0 Å². The molecule has 0 saturated carbocycles. The number of hydrogen-bond acceptors (Lipinski definition) is 3. The summed E-state index contributed by atoms with van der Waals surface area (Å²) >= 11 is 0. The van der Waals surface area contributed by atoms with Gasteiger partial charge in [0.15, 0.2) is 5.79 Å². The third-order valence-corrected chi connectivity index (χ3v) is 2.05. The van der Waals surface area contributed by atoms with Crippen molar-refractivity contribution in [2.75, 3.05) is 20.8 Å². The molecule has 14 heavy (non-hydrogen) atoms. The summed E-state index contributed by atoms with van der Waals surface area (Å²) < 4.78 is 15.8. The van der Waals surface area contributed by atoms with E-state index in [2.05, 4.69) is 6.07 Å². The highest BCUT2D eigenvalue weighted by atomic mass is 16.7. The number of benzene rings is 1. The molecule has 0 spiro atoms. The Morgan fingerprint density at radius 3 is 2.29 bits per heavy atom. The molecular formula is C11H15O3. The molecule has 0 atom stereocenters. The second kappa shape index (κ2) is 4.98. The van der Waals surface area contributed by atoms with Crippen LogP contribution >= 0.6 is 0 Å². The topological polar surface area (TPSA) is 27.7 Å². The zero-order valence-electron chi connectivity index (χ0n) is 8.74. The van der Waals surface area contributed by atoms with Gasteiger partial charge in [0.25, 0.3) is 0 Å². The van der Waals surface area contributed by atoms with Crippen molar-refractivity contribution < 1.29 is 14.2 Å². The fourth-order valence-corrected chi connectivity index (χ4v) is 0.883. The largest absolute Gasteiger partial charge is 0.488 e. The Balaban J connectivity index is 2.48. The van der Waals surface area contributed by atoms with Gasteiger partial charge in [-0.1, -0.05) is 12.1 Å². The SMILES string of the molecule is COC(C)(COc1cc[c]cc1)OC. The van der Waals surface area contributed by atoms with Crippen LogP contribution < -0.4 is 4.74 Å². The molecule has 1 radical (unpaired) electrons. The van der Waals surface area contributed by atoms with Crippen molar-refractivity contribution >= 4 is 0 Å². The van der Waals surface area contributed by atoms with E-state index in [9.17, 15) is 0 Å². The van der Waals surface area contributed by atoms with Gasteiger partial charge in [-0.05, 0) is 25.1 Å². The van der Waals surface area contributed by atoms with Crippen molar-refractivity contribution in [1.29, 1.82) is 0 Å². The summed E-state index contributed by atoms with van der Waals surface area (Å²) in [6, 6.07) is 10.2. The van der Waals surface area contributed by atoms with Gasteiger partial charge in [-0.15, -0.1) is 0 Å². The lowest BCUT2D eigenvalue weighted by molar-refractivity contribution is -0.209. The number of methoxy groups -OCH3 is 2. The van der Waals surface area contributed by atoms with Crippen molar-refractivity contribution in [2.24, 2.45) is 0 Å². The summed E-state index contributed by atoms with van der Waals surface area (Å²) in [6.07, 6.45) is 0. The average Bonchev–Trinajstić information content (AvgIpc) is 2.27. The molecule has 0 aromatic heterocycles. The smallest absolute Gasteiger partial charge is 0.199 e. The predicted molar refractivity (Wildman–Crippen MR) is 53.2 cm³/mol. The predicted octanol–water partition coefficient (Wildman–Crippen LogP) is 1.87. The molecule has 77 valence electrons. The minimum atomic E-state index is -0.695. The van der Waals surface area contributed by atoms with Crippen molar-refractivity contribution in [2.45, 2.75) is 12.7 Å². The van der Waals surface area contributed by atoms with Crippen LogP contribution in [0.5, 0.6) is 5.75 Å². The third kappa shape index (κ3) is 3.01. The van der Waals surface area contributed by atoms with Crippen LogP contribution in [0.1, 0.15) is 6.92 Å². The first kappa shape index (κ1) is 11.0. The maximum Gasteiger partial charge on any atom is 0.199 e. The van der Waals surface area contributed by atoms with Gasteiger partial charge < -0.3 is 14.2 Å². The van der Waals surface area contributed by atoms with Crippen LogP contribution in [-0.4, -0.2) is 26.6 Å². The van der Waals surface area contributed by atoms with E-state index in [1.165, 1.54) is 0 Å². The molecule has 0 saturated heterocycles. The first-order valence-electron chi connectivity index (χ1n) is 4.39. The highest BCUT2D eigenvalue weighted by Crippen LogP contribution is 2.14. The molecule has 0 bridgehead atoms. The standard InChI is InChI=1S/C11H15O3/c1-11(12-2,13-3)9-14-10-7-5-4-6-8-10/h5-8H,9H2,1-3H3. The number of ether oxygens (including phenoxy) is 3. The highest BCUT2D eigenvalue weighted by molar-refractivity contribution is 5.20. The minimum Gasteiger partial charge on any atom is -0.488 e. The van der Waals surface area contributed by atoms with E-state index in [1.807, 2.05) is 19.1 Å². The molecule has 1 rings (SSSR count). The van der Waals surface area contributed by atoms with Gasteiger partial charge in [0, 0.05) is 14.2 Å².